The molecule has 0 aliphatic rings. The summed E-state index contributed by atoms with van der Waals surface area (Å²) >= 11 is 0. The molecule has 1 aromatic rings. The van der Waals surface area contributed by atoms with Crippen LogP contribution >= 0.6 is 0 Å². The number of benzene rings is 1. The number of carbonyl (C=O) groups is 1. The van der Waals surface area contributed by atoms with Crippen LogP contribution in [-0.4, -0.2) is 32.4 Å². The minimum atomic E-state index is -4.92. The second-order valence-electron chi connectivity index (χ2n) is 4.63. The van der Waals surface area contributed by atoms with Crippen molar-refractivity contribution < 1.29 is 30.8 Å². The summed E-state index contributed by atoms with van der Waals surface area (Å²) in [6, 6.07) is 1.46. The largest absolute Gasteiger partial charge is 0.419 e. The number of alkyl halides is 3. The standard InChI is InChI=1S/C12H13F4NO3S/c1-7(6-21(2,19)20)17-11(18)8-4-3-5-9(10(8)13)12(14,15)16/h3-5,7H,6H2,1-2H3,(H,17,18). The highest BCUT2D eigenvalue weighted by Gasteiger charge is 2.35. The zero-order valence-electron chi connectivity index (χ0n) is 11.2. The first-order valence-electron chi connectivity index (χ1n) is 5.76. The average Bonchev–Trinajstić information content (AvgIpc) is 2.24. The first-order valence-corrected chi connectivity index (χ1v) is 7.82. The molecule has 0 saturated carbocycles. The van der Waals surface area contributed by atoms with Crippen LogP contribution in [0.3, 0.4) is 0 Å². The van der Waals surface area contributed by atoms with Crippen LogP contribution in [0.5, 0.6) is 0 Å². The number of amides is 1. The Balaban J connectivity index is 2.99. The normalized spacial score (nSPS) is 13.8. The van der Waals surface area contributed by atoms with Gasteiger partial charge in [0.05, 0.1) is 16.9 Å². The topological polar surface area (TPSA) is 63.2 Å². The predicted molar refractivity (Wildman–Crippen MR) is 68.0 cm³/mol. The van der Waals surface area contributed by atoms with Crippen LogP contribution in [0.15, 0.2) is 18.2 Å². The van der Waals surface area contributed by atoms with E-state index in [0.29, 0.717) is 6.07 Å². The summed E-state index contributed by atoms with van der Waals surface area (Å²) in [5.74, 6) is -3.19. The Morgan fingerprint density at radius 3 is 2.38 bits per heavy atom. The van der Waals surface area contributed by atoms with Gasteiger partial charge in [-0.15, -0.1) is 0 Å². The molecule has 0 spiro atoms. The van der Waals surface area contributed by atoms with E-state index in [2.05, 4.69) is 5.32 Å². The van der Waals surface area contributed by atoms with E-state index in [-0.39, 0.29) is 0 Å². The third kappa shape index (κ3) is 5.00. The van der Waals surface area contributed by atoms with E-state index in [1.54, 1.807) is 0 Å². The fraction of sp³-hybridized carbons (Fsp3) is 0.417. The summed E-state index contributed by atoms with van der Waals surface area (Å²) in [7, 11) is -3.38. The molecule has 1 amide bonds. The van der Waals surface area contributed by atoms with Gasteiger partial charge in [0.25, 0.3) is 5.91 Å². The van der Waals surface area contributed by atoms with E-state index in [1.807, 2.05) is 0 Å². The van der Waals surface area contributed by atoms with Gasteiger partial charge in [0, 0.05) is 12.3 Å². The number of hydrogen-bond donors (Lipinski definition) is 1. The molecule has 0 fully saturated rings. The van der Waals surface area contributed by atoms with E-state index in [1.165, 1.54) is 6.92 Å². The van der Waals surface area contributed by atoms with Gasteiger partial charge in [-0.05, 0) is 19.1 Å². The zero-order valence-corrected chi connectivity index (χ0v) is 12.0. The van der Waals surface area contributed by atoms with Gasteiger partial charge in [-0.2, -0.15) is 13.2 Å². The molecular weight excluding hydrogens is 314 g/mol. The molecule has 1 rings (SSSR count). The minimum absolute atomic E-state index is 0.403. The maximum absolute atomic E-state index is 13.7. The summed E-state index contributed by atoms with van der Waals surface area (Å²) in [6.45, 7) is 1.35. The molecule has 0 heterocycles. The molecule has 1 aromatic carbocycles. The molecule has 1 atom stereocenters. The van der Waals surface area contributed by atoms with Crippen LogP contribution in [0.2, 0.25) is 0 Å². The van der Waals surface area contributed by atoms with Crippen molar-refractivity contribution in [3.63, 3.8) is 0 Å². The number of carbonyl (C=O) groups excluding carboxylic acids is 1. The Bertz CT molecular complexity index is 640. The second-order valence-corrected chi connectivity index (χ2v) is 6.82. The number of rotatable bonds is 4. The average molecular weight is 327 g/mol. The van der Waals surface area contributed by atoms with Gasteiger partial charge in [-0.1, -0.05) is 6.07 Å². The molecule has 9 heteroatoms. The van der Waals surface area contributed by atoms with Gasteiger partial charge >= 0.3 is 6.18 Å². The summed E-state index contributed by atoms with van der Waals surface area (Å²) in [6.07, 6.45) is -3.97. The van der Waals surface area contributed by atoms with Crippen molar-refractivity contribution in [1.29, 1.82) is 0 Å². The Labute approximate surface area is 119 Å². The van der Waals surface area contributed by atoms with Crippen LogP contribution in [0.25, 0.3) is 0 Å². The van der Waals surface area contributed by atoms with Gasteiger partial charge in [-0.3, -0.25) is 4.79 Å². The van der Waals surface area contributed by atoms with Crippen molar-refractivity contribution in [2.24, 2.45) is 0 Å². The maximum Gasteiger partial charge on any atom is 0.419 e. The highest BCUT2D eigenvalue weighted by atomic mass is 32.2. The van der Waals surface area contributed by atoms with Gasteiger partial charge in [-0.25, -0.2) is 12.8 Å². The minimum Gasteiger partial charge on any atom is -0.348 e. The Kier molecular flexibility index (Phi) is 4.98. The van der Waals surface area contributed by atoms with Crippen molar-refractivity contribution in [2.45, 2.75) is 19.1 Å². The molecule has 0 bridgehead atoms. The Morgan fingerprint density at radius 2 is 1.90 bits per heavy atom. The van der Waals surface area contributed by atoms with E-state index < -0.39 is 50.7 Å². The van der Waals surface area contributed by atoms with Gasteiger partial charge in [0.2, 0.25) is 0 Å². The van der Waals surface area contributed by atoms with Crippen LogP contribution in [0, 0.1) is 5.82 Å². The molecule has 21 heavy (non-hydrogen) atoms. The zero-order chi connectivity index (χ0) is 16.4. The molecule has 118 valence electrons. The monoisotopic (exact) mass is 327 g/mol. The summed E-state index contributed by atoms with van der Waals surface area (Å²) < 4.78 is 73.4. The first-order chi connectivity index (χ1) is 9.42. The number of halogens is 4. The highest BCUT2D eigenvalue weighted by molar-refractivity contribution is 7.90. The van der Waals surface area contributed by atoms with Crippen molar-refractivity contribution in [3.8, 4) is 0 Å². The van der Waals surface area contributed by atoms with E-state index in [4.69, 9.17) is 0 Å². The third-order valence-electron chi connectivity index (χ3n) is 2.48. The number of sulfone groups is 1. The van der Waals surface area contributed by atoms with E-state index in [9.17, 15) is 30.8 Å². The molecule has 0 aliphatic heterocycles. The lowest BCUT2D eigenvalue weighted by Gasteiger charge is -2.15. The van der Waals surface area contributed by atoms with Crippen molar-refractivity contribution in [1.82, 2.24) is 5.32 Å². The van der Waals surface area contributed by atoms with Gasteiger partial charge in [0.1, 0.15) is 15.7 Å². The smallest absolute Gasteiger partial charge is 0.348 e. The fourth-order valence-corrected chi connectivity index (χ4v) is 2.72. The molecule has 0 radical (unpaired) electrons. The number of nitrogens with one attached hydrogen (secondary N) is 1. The fourth-order valence-electron chi connectivity index (χ4n) is 1.72. The van der Waals surface area contributed by atoms with Crippen LogP contribution in [-0.2, 0) is 16.0 Å². The highest BCUT2D eigenvalue weighted by Crippen LogP contribution is 2.32. The Morgan fingerprint density at radius 1 is 1.33 bits per heavy atom. The summed E-state index contributed by atoms with van der Waals surface area (Å²) in [5.41, 5.74) is -2.34. The lowest BCUT2D eigenvalue weighted by atomic mass is 10.1. The third-order valence-corrected chi connectivity index (χ3v) is 3.58. The van der Waals surface area contributed by atoms with Crippen molar-refractivity contribution in [3.05, 3.63) is 35.1 Å². The molecular formula is C12H13F4NO3S. The van der Waals surface area contributed by atoms with Gasteiger partial charge in [0.15, 0.2) is 0 Å². The van der Waals surface area contributed by atoms with Crippen LogP contribution in [0.4, 0.5) is 17.6 Å². The quantitative estimate of drug-likeness (QED) is 0.861. The predicted octanol–water partition coefficient (Wildman–Crippen LogP) is 2.01. The molecule has 0 aromatic heterocycles. The summed E-state index contributed by atoms with van der Waals surface area (Å²) in [5, 5.41) is 2.15. The molecule has 4 nitrogen and oxygen atoms in total. The number of hydrogen-bond acceptors (Lipinski definition) is 3. The first kappa shape index (κ1) is 17.4. The maximum atomic E-state index is 13.7. The lowest BCUT2D eigenvalue weighted by Crippen LogP contribution is -2.37. The van der Waals surface area contributed by atoms with Crippen molar-refractivity contribution >= 4 is 15.7 Å². The Hall–Kier alpha value is -1.64. The summed E-state index contributed by atoms with van der Waals surface area (Å²) in [4.78, 5) is 11.7. The SMILES string of the molecule is CC(CS(C)(=O)=O)NC(=O)c1cccc(C(F)(F)F)c1F. The second kappa shape index (κ2) is 6.00. The lowest BCUT2D eigenvalue weighted by molar-refractivity contribution is -0.140. The van der Waals surface area contributed by atoms with E-state index in [0.717, 1.165) is 18.4 Å². The van der Waals surface area contributed by atoms with Crippen LogP contribution in [0.1, 0.15) is 22.8 Å². The van der Waals surface area contributed by atoms with E-state index >= 15 is 0 Å². The molecule has 0 aliphatic carbocycles. The van der Waals surface area contributed by atoms with Crippen LogP contribution < -0.4 is 5.32 Å². The molecule has 0 saturated heterocycles. The van der Waals surface area contributed by atoms with Crippen molar-refractivity contribution in [2.75, 3.05) is 12.0 Å². The molecule has 1 N–H and O–H groups in total. The molecule has 1 unspecified atom stereocenters. The van der Waals surface area contributed by atoms with Gasteiger partial charge < -0.3 is 5.32 Å².